The van der Waals surface area contributed by atoms with Gasteiger partial charge in [-0.2, -0.15) is 0 Å². The third-order valence-electron chi connectivity index (χ3n) is 19.4. The van der Waals surface area contributed by atoms with Crippen molar-refractivity contribution in [2.24, 2.45) is 46.3 Å². The van der Waals surface area contributed by atoms with Gasteiger partial charge in [-0.15, -0.1) is 0 Å². The molecule has 484 valence electrons. The summed E-state index contributed by atoms with van der Waals surface area (Å²) in [5.74, 6) is 4.76. The number of carbonyl (C=O) groups excluding carboxylic acids is 2. The number of methoxy groups -OCH3 is 2. The van der Waals surface area contributed by atoms with Crippen LogP contribution in [0.15, 0.2) is 11.6 Å². The van der Waals surface area contributed by atoms with Gasteiger partial charge in [0, 0.05) is 27.3 Å². The number of nitrogens with one attached hydrogen (secondary N) is 2. The standard InChI is InChI=1S/C38H65NO7.C29H57NO7/c1-26(2)8-7-9-27(3)32-12-13-33-31-11-10-28-22-29(14-16-37(28,4)34(31)15-17-38(32,33)5)45-36-44-24-30(46-36)23-39-35(40)25-43-21-20-42-19-18-41-6;1-3-4-5-6-7-8-9-10-11-12-13-14-15-16-17-18-19-35-29-36-25-27(37-29)24-30-28(31)26-34-23-22-33-21-20-32-2/h10,26-27,29-34,36H,7-9,11-25H2,1-6H3,(H,39,40);27,29H,3-26H2,1-2H3,(H,30,31)/t27-,29+,30?,31+,32-,33+,34+,36?,37+,38-;/m1./s1. The maximum Gasteiger partial charge on any atom is 0.272 e. The molecule has 0 aromatic carbocycles. The molecule has 2 heterocycles. The minimum atomic E-state index is -0.665. The van der Waals surface area contributed by atoms with Gasteiger partial charge in [0.2, 0.25) is 11.8 Å². The Morgan fingerprint density at radius 3 is 1.69 bits per heavy atom. The minimum absolute atomic E-state index is 0.000395. The Morgan fingerprint density at radius 2 is 1.12 bits per heavy atom. The summed E-state index contributed by atoms with van der Waals surface area (Å²) in [6, 6.07) is 0. The van der Waals surface area contributed by atoms with E-state index < -0.39 is 13.0 Å². The highest BCUT2D eigenvalue weighted by Gasteiger charge is 2.59. The summed E-state index contributed by atoms with van der Waals surface area (Å²) >= 11 is 0. The molecule has 2 saturated heterocycles. The van der Waals surface area contributed by atoms with Crippen molar-refractivity contribution >= 4 is 11.8 Å². The molecule has 12 atom stereocenters. The Hall–Kier alpha value is -1.80. The van der Waals surface area contributed by atoms with E-state index in [1.807, 2.05) is 0 Å². The molecule has 3 saturated carbocycles. The van der Waals surface area contributed by atoms with Crippen molar-refractivity contribution < 1.29 is 66.4 Å². The molecular formula is C67H122N2O14. The van der Waals surface area contributed by atoms with Gasteiger partial charge in [0.1, 0.15) is 25.4 Å². The first-order chi connectivity index (χ1) is 40.4. The molecule has 6 aliphatic rings. The van der Waals surface area contributed by atoms with E-state index in [1.165, 1.54) is 154 Å². The van der Waals surface area contributed by atoms with Crippen molar-refractivity contribution in [2.75, 3.05) is 113 Å². The lowest BCUT2D eigenvalue weighted by Crippen LogP contribution is -2.51. The first-order valence-corrected chi connectivity index (χ1v) is 33.7. The molecule has 83 heavy (non-hydrogen) atoms. The lowest BCUT2D eigenvalue weighted by atomic mass is 9.47. The summed E-state index contributed by atoms with van der Waals surface area (Å²) in [6.45, 7) is 19.5. The largest absolute Gasteiger partial charge is 0.382 e. The molecule has 2 amide bonds. The fraction of sp³-hybridized carbons (Fsp3) is 0.940. The van der Waals surface area contributed by atoms with Crippen LogP contribution in [0, 0.1) is 46.3 Å². The molecule has 0 aromatic heterocycles. The van der Waals surface area contributed by atoms with Crippen LogP contribution in [0.3, 0.4) is 0 Å². The Bertz CT molecular complexity index is 1730. The molecule has 0 bridgehead atoms. The summed E-state index contributed by atoms with van der Waals surface area (Å²) in [4.78, 5) is 24.0. The Labute approximate surface area is 504 Å². The zero-order valence-corrected chi connectivity index (χ0v) is 53.8. The lowest BCUT2D eigenvalue weighted by Gasteiger charge is -2.58. The molecule has 2 N–H and O–H groups in total. The topological polar surface area (TPSA) is 169 Å². The number of amides is 2. The second-order valence-electron chi connectivity index (χ2n) is 26.1. The molecule has 0 radical (unpaired) electrons. The highest BCUT2D eigenvalue weighted by molar-refractivity contribution is 5.77. The van der Waals surface area contributed by atoms with E-state index in [-0.39, 0.29) is 43.3 Å². The van der Waals surface area contributed by atoms with Crippen LogP contribution < -0.4 is 10.6 Å². The number of rotatable bonds is 45. The number of ether oxygens (including phenoxy) is 12. The maximum atomic E-state index is 12.1. The van der Waals surface area contributed by atoms with Crippen molar-refractivity contribution in [3.63, 3.8) is 0 Å². The highest BCUT2D eigenvalue weighted by Crippen LogP contribution is 2.67. The quantitative estimate of drug-likeness (QED) is 0.0436. The summed E-state index contributed by atoms with van der Waals surface area (Å²) in [5.41, 5.74) is 2.45. The van der Waals surface area contributed by atoms with Crippen LogP contribution >= 0.6 is 0 Å². The Kier molecular flexibility index (Phi) is 36.6. The molecule has 5 fully saturated rings. The van der Waals surface area contributed by atoms with Crippen molar-refractivity contribution in [2.45, 2.75) is 246 Å². The molecule has 16 heteroatoms. The van der Waals surface area contributed by atoms with Crippen molar-refractivity contribution in [1.29, 1.82) is 0 Å². The van der Waals surface area contributed by atoms with E-state index in [2.05, 4.69) is 58.3 Å². The van der Waals surface area contributed by atoms with E-state index in [1.54, 1.807) is 19.8 Å². The van der Waals surface area contributed by atoms with E-state index in [4.69, 9.17) is 56.8 Å². The lowest BCUT2D eigenvalue weighted by molar-refractivity contribution is -0.262. The van der Waals surface area contributed by atoms with Crippen molar-refractivity contribution in [3.05, 3.63) is 11.6 Å². The number of unbranched alkanes of at least 4 members (excludes halogenated alkanes) is 15. The maximum absolute atomic E-state index is 12.1. The van der Waals surface area contributed by atoms with E-state index in [0.29, 0.717) is 96.6 Å². The zero-order valence-electron chi connectivity index (χ0n) is 53.8. The molecule has 2 aliphatic heterocycles. The van der Waals surface area contributed by atoms with Crippen LogP contribution in [-0.2, 0) is 66.4 Å². The Balaban J connectivity index is 0.000000313. The average molecular weight is 1180 g/mol. The Morgan fingerprint density at radius 1 is 0.590 bits per heavy atom. The molecule has 4 unspecified atom stereocenters. The summed E-state index contributed by atoms with van der Waals surface area (Å²) in [6.07, 6.45) is 38.3. The second kappa shape index (κ2) is 42.2. The number of hydrogen-bond donors (Lipinski definition) is 2. The van der Waals surface area contributed by atoms with Gasteiger partial charge in [-0.3, -0.25) is 9.59 Å². The molecule has 6 rings (SSSR count). The van der Waals surface area contributed by atoms with Crippen molar-refractivity contribution in [3.8, 4) is 0 Å². The van der Waals surface area contributed by atoms with Gasteiger partial charge in [0.15, 0.2) is 0 Å². The van der Waals surface area contributed by atoms with Gasteiger partial charge in [-0.1, -0.05) is 169 Å². The fourth-order valence-electron chi connectivity index (χ4n) is 14.6. The third-order valence-corrected chi connectivity index (χ3v) is 19.4. The van der Waals surface area contributed by atoms with Crippen LogP contribution in [0.1, 0.15) is 215 Å². The van der Waals surface area contributed by atoms with Gasteiger partial charge in [0.25, 0.3) is 13.0 Å². The van der Waals surface area contributed by atoms with Gasteiger partial charge < -0.3 is 67.5 Å². The minimum Gasteiger partial charge on any atom is -0.382 e. The van der Waals surface area contributed by atoms with Crippen LogP contribution in [0.2, 0.25) is 0 Å². The second-order valence-corrected chi connectivity index (χ2v) is 26.1. The third kappa shape index (κ3) is 26.8. The number of carbonyl (C=O) groups is 2. The SMILES string of the molecule is CCCCCCCCCCCCCCCCCCOC1OCC(CNC(=O)COCCOCCOC)O1.COCCOCCOCC(=O)NCC1COC(O[C@H]2CC[C@@]3(C)C(=CC[C@H]4[C@@H]5CC[C@H]([C@H](C)CCCC(C)C)[C@@]5(C)CC[C@@H]43)C2)O1. The highest BCUT2D eigenvalue weighted by atomic mass is 16.9. The molecule has 0 aromatic rings. The first-order valence-electron chi connectivity index (χ1n) is 33.7. The van der Waals surface area contributed by atoms with Crippen LogP contribution in [-0.4, -0.2) is 156 Å². The van der Waals surface area contributed by atoms with E-state index in [9.17, 15) is 9.59 Å². The molecular weight excluding hydrogens is 1060 g/mol. The van der Waals surface area contributed by atoms with Gasteiger partial charge >= 0.3 is 0 Å². The van der Waals surface area contributed by atoms with Crippen LogP contribution in [0.25, 0.3) is 0 Å². The molecule has 16 nitrogen and oxygen atoms in total. The summed E-state index contributed by atoms with van der Waals surface area (Å²) in [5, 5.41) is 5.67. The monoisotopic (exact) mass is 1180 g/mol. The normalized spacial score (nSPS) is 28.7. The predicted molar refractivity (Wildman–Crippen MR) is 326 cm³/mol. The fourth-order valence-corrected chi connectivity index (χ4v) is 14.6. The first kappa shape index (κ1) is 71.9. The number of fused-ring (bicyclic) bond motifs is 5. The molecule has 0 spiro atoms. The van der Waals surface area contributed by atoms with Crippen LogP contribution in [0.5, 0.6) is 0 Å². The van der Waals surface area contributed by atoms with Crippen molar-refractivity contribution in [1.82, 2.24) is 10.6 Å². The number of hydrogen-bond acceptors (Lipinski definition) is 14. The predicted octanol–water partition coefficient (Wildman–Crippen LogP) is 12.7. The van der Waals surface area contributed by atoms with Gasteiger partial charge in [-0.25, -0.2) is 0 Å². The van der Waals surface area contributed by atoms with Gasteiger partial charge in [-0.05, 0) is 104 Å². The zero-order chi connectivity index (χ0) is 59.4. The molecule has 4 aliphatic carbocycles. The van der Waals surface area contributed by atoms with E-state index >= 15 is 0 Å². The smallest absolute Gasteiger partial charge is 0.272 e. The summed E-state index contributed by atoms with van der Waals surface area (Å²) in [7, 11) is 3.26. The van der Waals surface area contributed by atoms with Gasteiger partial charge in [0.05, 0.1) is 78.8 Å². The summed E-state index contributed by atoms with van der Waals surface area (Å²) < 4.78 is 66.2. The van der Waals surface area contributed by atoms with Crippen LogP contribution in [0.4, 0.5) is 0 Å². The van der Waals surface area contributed by atoms with E-state index in [0.717, 1.165) is 54.8 Å². The number of allylic oxidation sites excluding steroid dienone is 1. The average Bonchev–Trinajstić information content (AvgIpc) is 2.11.